The zero-order valence-electron chi connectivity index (χ0n) is 13.9. The Balaban J connectivity index is 1.76. The van der Waals surface area contributed by atoms with Gasteiger partial charge in [-0.25, -0.2) is 4.79 Å². The van der Waals surface area contributed by atoms with Gasteiger partial charge in [0.1, 0.15) is 5.60 Å². The Morgan fingerprint density at radius 2 is 2.14 bits per heavy atom. The van der Waals surface area contributed by atoms with E-state index in [1.807, 2.05) is 25.7 Å². The van der Waals surface area contributed by atoms with E-state index in [-0.39, 0.29) is 6.09 Å². The van der Waals surface area contributed by atoms with Gasteiger partial charge >= 0.3 is 6.09 Å². The summed E-state index contributed by atoms with van der Waals surface area (Å²) in [6.07, 6.45) is 3.46. The first-order valence-corrected chi connectivity index (χ1v) is 8.18. The van der Waals surface area contributed by atoms with Crippen molar-refractivity contribution in [1.29, 1.82) is 0 Å². The van der Waals surface area contributed by atoms with E-state index in [9.17, 15) is 4.79 Å². The SMILES string of the molecule is CC1OCCC1CNC1CCCN(C(=O)OC(C)(C)C)C1. The van der Waals surface area contributed by atoms with Crippen LogP contribution >= 0.6 is 0 Å². The lowest BCUT2D eigenvalue weighted by molar-refractivity contribution is 0.0184. The highest BCUT2D eigenvalue weighted by molar-refractivity contribution is 5.68. The summed E-state index contributed by atoms with van der Waals surface area (Å²) in [4.78, 5) is 14.0. The van der Waals surface area contributed by atoms with E-state index in [1.54, 1.807) is 0 Å². The van der Waals surface area contributed by atoms with E-state index in [0.29, 0.717) is 18.1 Å². The molecule has 0 radical (unpaired) electrons. The van der Waals surface area contributed by atoms with E-state index in [1.165, 1.54) is 0 Å². The van der Waals surface area contributed by atoms with Crippen LogP contribution in [0.5, 0.6) is 0 Å². The summed E-state index contributed by atoms with van der Waals surface area (Å²) in [5.74, 6) is 0.599. The molecule has 0 aromatic carbocycles. The van der Waals surface area contributed by atoms with Gasteiger partial charge in [0.05, 0.1) is 6.10 Å². The number of ether oxygens (including phenoxy) is 2. The summed E-state index contributed by atoms with van der Waals surface area (Å²) < 4.78 is 11.1. The minimum Gasteiger partial charge on any atom is -0.444 e. The topological polar surface area (TPSA) is 50.8 Å². The summed E-state index contributed by atoms with van der Waals surface area (Å²) in [5.41, 5.74) is -0.423. The van der Waals surface area contributed by atoms with Gasteiger partial charge in [0.25, 0.3) is 0 Å². The number of piperidine rings is 1. The maximum atomic E-state index is 12.1. The fourth-order valence-corrected chi connectivity index (χ4v) is 3.00. The fourth-order valence-electron chi connectivity index (χ4n) is 3.00. The molecule has 5 heteroatoms. The van der Waals surface area contributed by atoms with Gasteiger partial charge < -0.3 is 19.7 Å². The standard InChI is InChI=1S/C16H30N2O3/c1-12-13(7-9-20-12)10-17-14-6-5-8-18(11-14)15(19)21-16(2,3)4/h12-14,17H,5-11H2,1-4H3. The van der Waals surface area contributed by atoms with Crippen LogP contribution in [-0.2, 0) is 9.47 Å². The predicted octanol–water partition coefficient (Wildman–Crippen LogP) is 2.40. The van der Waals surface area contributed by atoms with Gasteiger partial charge in [-0.1, -0.05) is 0 Å². The Bertz CT molecular complexity index is 354. The molecular formula is C16H30N2O3. The van der Waals surface area contributed by atoms with Crippen LogP contribution in [0.25, 0.3) is 0 Å². The number of carbonyl (C=O) groups is 1. The molecule has 2 rings (SSSR count). The van der Waals surface area contributed by atoms with E-state index in [4.69, 9.17) is 9.47 Å². The molecule has 2 aliphatic rings. The van der Waals surface area contributed by atoms with Gasteiger partial charge in [0.2, 0.25) is 0 Å². The molecule has 3 unspecified atom stereocenters. The average Bonchev–Trinajstić information content (AvgIpc) is 2.80. The van der Waals surface area contributed by atoms with Gasteiger partial charge in [-0.3, -0.25) is 0 Å². The van der Waals surface area contributed by atoms with Crippen LogP contribution in [0.2, 0.25) is 0 Å². The third-order valence-corrected chi connectivity index (χ3v) is 4.28. The summed E-state index contributed by atoms with van der Waals surface area (Å²) in [5, 5.41) is 3.61. The molecule has 1 amide bonds. The smallest absolute Gasteiger partial charge is 0.410 e. The third-order valence-electron chi connectivity index (χ3n) is 4.28. The summed E-state index contributed by atoms with van der Waals surface area (Å²) in [7, 11) is 0. The Labute approximate surface area is 128 Å². The summed E-state index contributed by atoms with van der Waals surface area (Å²) in [6, 6.07) is 0.374. The molecule has 2 saturated heterocycles. The van der Waals surface area contributed by atoms with Gasteiger partial charge in [0.15, 0.2) is 0 Å². The second-order valence-corrected chi connectivity index (χ2v) is 7.30. The normalized spacial score (nSPS) is 30.5. The van der Waals surface area contributed by atoms with Crippen LogP contribution in [0.15, 0.2) is 0 Å². The molecule has 0 aromatic rings. The number of carbonyl (C=O) groups excluding carboxylic acids is 1. The highest BCUT2D eigenvalue weighted by Crippen LogP contribution is 2.20. The van der Waals surface area contributed by atoms with Crippen molar-refractivity contribution >= 4 is 6.09 Å². The molecule has 21 heavy (non-hydrogen) atoms. The fraction of sp³-hybridized carbons (Fsp3) is 0.938. The molecule has 2 aliphatic heterocycles. The van der Waals surface area contributed by atoms with Crippen LogP contribution < -0.4 is 5.32 Å². The van der Waals surface area contributed by atoms with E-state index in [0.717, 1.165) is 45.5 Å². The second-order valence-electron chi connectivity index (χ2n) is 7.30. The maximum absolute atomic E-state index is 12.1. The van der Waals surface area contributed by atoms with Crippen LogP contribution in [0.4, 0.5) is 4.79 Å². The third kappa shape index (κ3) is 5.15. The van der Waals surface area contributed by atoms with Crippen molar-refractivity contribution < 1.29 is 14.3 Å². The Morgan fingerprint density at radius 1 is 1.38 bits per heavy atom. The summed E-state index contributed by atoms with van der Waals surface area (Å²) >= 11 is 0. The zero-order chi connectivity index (χ0) is 15.5. The predicted molar refractivity (Wildman–Crippen MR) is 82.4 cm³/mol. The molecule has 3 atom stereocenters. The van der Waals surface area contributed by atoms with Crippen LogP contribution in [0.3, 0.4) is 0 Å². The lowest BCUT2D eigenvalue weighted by Gasteiger charge is -2.35. The van der Waals surface area contributed by atoms with Crippen molar-refractivity contribution in [3.63, 3.8) is 0 Å². The quantitative estimate of drug-likeness (QED) is 0.869. The highest BCUT2D eigenvalue weighted by Gasteiger charge is 2.29. The monoisotopic (exact) mass is 298 g/mol. The largest absolute Gasteiger partial charge is 0.444 e. The Kier molecular flexibility index (Phi) is 5.49. The molecule has 122 valence electrons. The van der Waals surface area contributed by atoms with Crippen LogP contribution in [0, 0.1) is 5.92 Å². The van der Waals surface area contributed by atoms with Gasteiger partial charge in [-0.05, 0) is 52.9 Å². The van der Waals surface area contributed by atoms with E-state index >= 15 is 0 Å². The molecule has 0 spiro atoms. The van der Waals surface area contributed by atoms with Gasteiger partial charge in [0, 0.05) is 32.3 Å². The van der Waals surface area contributed by atoms with Crippen molar-refractivity contribution in [3.8, 4) is 0 Å². The molecule has 0 saturated carbocycles. The number of rotatable bonds is 3. The molecular weight excluding hydrogens is 268 g/mol. The van der Waals surface area contributed by atoms with Crippen LogP contribution in [0.1, 0.15) is 47.0 Å². The van der Waals surface area contributed by atoms with E-state index < -0.39 is 5.60 Å². The Morgan fingerprint density at radius 3 is 2.76 bits per heavy atom. The average molecular weight is 298 g/mol. The number of nitrogens with zero attached hydrogens (tertiary/aromatic N) is 1. The molecule has 0 bridgehead atoms. The van der Waals surface area contributed by atoms with Crippen molar-refractivity contribution in [2.75, 3.05) is 26.2 Å². The van der Waals surface area contributed by atoms with Crippen LogP contribution in [-0.4, -0.2) is 55.0 Å². The number of hydrogen-bond donors (Lipinski definition) is 1. The first-order valence-electron chi connectivity index (χ1n) is 8.18. The number of amides is 1. The van der Waals surface area contributed by atoms with Crippen molar-refractivity contribution in [1.82, 2.24) is 10.2 Å². The van der Waals surface area contributed by atoms with Gasteiger partial charge in [-0.2, -0.15) is 0 Å². The Hall–Kier alpha value is -0.810. The zero-order valence-corrected chi connectivity index (χ0v) is 13.9. The molecule has 0 aromatic heterocycles. The first-order chi connectivity index (χ1) is 9.85. The van der Waals surface area contributed by atoms with Gasteiger partial charge in [-0.15, -0.1) is 0 Å². The van der Waals surface area contributed by atoms with Crippen molar-refractivity contribution in [2.24, 2.45) is 5.92 Å². The molecule has 2 heterocycles. The molecule has 2 fully saturated rings. The number of nitrogens with one attached hydrogen (secondary N) is 1. The molecule has 0 aliphatic carbocycles. The molecule has 5 nitrogen and oxygen atoms in total. The minimum absolute atomic E-state index is 0.188. The van der Waals surface area contributed by atoms with Crippen molar-refractivity contribution in [3.05, 3.63) is 0 Å². The summed E-state index contributed by atoms with van der Waals surface area (Å²) in [6.45, 7) is 11.3. The number of hydrogen-bond acceptors (Lipinski definition) is 4. The highest BCUT2D eigenvalue weighted by atomic mass is 16.6. The minimum atomic E-state index is -0.423. The van der Waals surface area contributed by atoms with Crippen molar-refractivity contribution in [2.45, 2.75) is 64.7 Å². The first kappa shape index (κ1) is 16.6. The lowest BCUT2D eigenvalue weighted by atomic mass is 10.0. The maximum Gasteiger partial charge on any atom is 0.410 e. The van der Waals surface area contributed by atoms with E-state index in [2.05, 4.69) is 12.2 Å². The lowest BCUT2D eigenvalue weighted by Crippen LogP contribution is -2.50. The molecule has 1 N–H and O–H groups in total. The second kappa shape index (κ2) is 6.97. The number of likely N-dealkylation sites (tertiary alicyclic amines) is 1.